The van der Waals surface area contributed by atoms with Crippen LogP contribution in [0, 0.1) is 0 Å². The van der Waals surface area contributed by atoms with Crippen LogP contribution in [0.2, 0.25) is 0 Å². The summed E-state index contributed by atoms with van der Waals surface area (Å²) in [4.78, 5) is 21.6. The van der Waals surface area contributed by atoms with Crippen LogP contribution in [0.3, 0.4) is 0 Å². The molecule has 1 aromatic rings. The van der Waals surface area contributed by atoms with Crippen LogP contribution in [0.5, 0.6) is 0 Å². The first-order chi connectivity index (χ1) is 8.36. The second-order valence-electron chi connectivity index (χ2n) is 5.77. The summed E-state index contributed by atoms with van der Waals surface area (Å²) in [7, 11) is 0. The van der Waals surface area contributed by atoms with Gasteiger partial charge in [-0.3, -0.25) is 9.69 Å². The second-order valence-corrected chi connectivity index (χ2v) is 5.77. The van der Waals surface area contributed by atoms with Gasteiger partial charge in [0.1, 0.15) is 5.82 Å². The number of hydrogen-bond donors (Lipinski definition) is 1. The molecule has 5 nitrogen and oxygen atoms in total. The average Bonchev–Trinajstić information content (AvgIpc) is 2.26. The van der Waals surface area contributed by atoms with E-state index in [4.69, 9.17) is 5.11 Å². The maximum absolute atomic E-state index is 10.7. The summed E-state index contributed by atoms with van der Waals surface area (Å²) in [5, 5.41) is 8.79. The van der Waals surface area contributed by atoms with Gasteiger partial charge in [-0.25, -0.2) is 9.97 Å². The monoisotopic (exact) mass is 249 g/mol. The van der Waals surface area contributed by atoms with Crippen molar-refractivity contribution in [1.82, 2.24) is 14.9 Å². The molecular weight excluding hydrogens is 230 g/mol. The fourth-order valence-corrected chi connectivity index (χ4v) is 2.06. The molecule has 0 bridgehead atoms. The molecule has 0 fully saturated rings. The fourth-order valence-electron chi connectivity index (χ4n) is 2.06. The predicted octanol–water partition coefficient (Wildman–Crippen LogP) is 1.22. The molecule has 1 aliphatic rings. The molecule has 0 saturated carbocycles. The molecule has 2 heterocycles. The van der Waals surface area contributed by atoms with Gasteiger partial charge in [0.2, 0.25) is 0 Å². The number of aromatic nitrogens is 2. The van der Waals surface area contributed by atoms with Crippen molar-refractivity contribution < 1.29 is 9.90 Å². The summed E-state index contributed by atoms with van der Waals surface area (Å²) in [6.45, 7) is 7.74. The van der Waals surface area contributed by atoms with Gasteiger partial charge < -0.3 is 5.11 Å². The Hall–Kier alpha value is -1.49. The highest BCUT2D eigenvalue weighted by atomic mass is 16.4. The first kappa shape index (κ1) is 13.0. The lowest BCUT2D eigenvalue weighted by Crippen LogP contribution is -2.35. The minimum Gasteiger partial charge on any atom is -0.480 e. The van der Waals surface area contributed by atoms with Crippen LogP contribution in [0.4, 0.5) is 0 Å². The van der Waals surface area contributed by atoms with E-state index in [2.05, 4.69) is 30.7 Å². The molecule has 0 aliphatic carbocycles. The van der Waals surface area contributed by atoms with Crippen molar-refractivity contribution in [1.29, 1.82) is 0 Å². The largest absolute Gasteiger partial charge is 0.480 e. The minimum atomic E-state index is -0.786. The Kier molecular flexibility index (Phi) is 3.34. The first-order valence-corrected chi connectivity index (χ1v) is 6.15. The van der Waals surface area contributed by atoms with Crippen LogP contribution in [0.25, 0.3) is 0 Å². The van der Waals surface area contributed by atoms with E-state index in [0.29, 0.717) is 6.54 Å². The van der Waals surface area contributed by atoms with Crippen molar-refractivity contribution in [3.63, 3.8) is 0 Å². The molecular formula is C13H19N3O2. The van der Waals surface area contributed by atoms with E-state index in [-0.39, 0.29) is 12.0 Å². The molecule has 2 rings (SSSR count). The Balaban J connectivity index is 2.18. The summed E-state index contributed by atoms with van der Waals surface area (Å²) >= 11 is 0. The zero-order chi connectivity index (χ0) is 13.3. The van der Waals surface area contributed by atoms with Crippen molar-refractivity contribution in [2.24, 2.45) is 0 Å². The summed E-state index contributed by atoms with van der Waals surface area (Å²) in [6, 6.07) is 0. The quantitative estimate of drug-likeness (QED) is 0.853. The van der Waals surface area contributed by atoms with E-state index in [1.165, 1.54) is 0 Å². The Morgan fingerprint density at radius 3 is 2.83 bits per heavy atom. The van der Waals surface area contributed by atoms with Crippen LogP contribution in [-0.2, 0) is 23.2 Å². The number of aliphatic carboxylic acids is 1. The molecule has 0 radical (unpaired) electrons. The van der Waals surface area contributed by atoms with Crippen molar-refractivity contribution in [2.45, 2.75) is 39.2 Å². The van der Waals surface area contributed by atoms with Gasteiger partial charge in [-0.2, -0.15) is 0 Å². The minimum absolute atomic E-state index is 0.0484. The smallest absolute Gasteiger partial charge is 0.317 e. The first-order valence-electron chi connectivity index (χ1n) is 6.15. The number of nitrogens with zero attached hydrogens (tertiary/aromatic N) is 3. The van der Waals surface area contributed by atoms with Gasteiger partial charge in [0, 0.05) is 42.4 Å². The molecule has 0 amide bonds. The van der Waals surface area contributed by atoms with E-state index < -0.39 is 5.97 Å². The lowest BCUT2D eigenvalue weighted by Gasteiger charge is -2.27. The predicted molar refractivity (Wildman–Crippen MR) is 67.3 cm³/mol. The topological polar surface area (TPSA) is 66.3 Å². The van der Waals surface area contributed by atoms with Gasteiger partial charge in [0.15, 0.2) is 0 Å². The Labute approximate surface area is 107 Å². The highest BCUT2D eigenvalue weighted by molar-refractivity contribution is 5.69. The van der Waals surface area contributed by atoms with Crippen LogP contribution in [-0.4, -0.2) is 39.0 Å². The fraction of sp³-hybridized carbons (Fsp3) is 0.615. The third-order valence-corrected chi connectivity index (χ3v) is 3.04. The summed E-state index contributed by atoms with van der Waals surface area (Å²) in [5.74, 6) is 0.0682. The van der Waals surface area contributed by atoms with E-state index in [1.54, 1.807) is 0 Å². The molecule has 0 atom stereocenters. The molecule has 0 spiro atoms. The van der Waals surface area contributed by atoms with Crippen LogP contribution >= 0.6 is 0 Å². The van der Waals surface area contributed by atoms with E-state index in [9.17, 15) is 4.79 Å². The van der Waals surface area contributed by atoms with Crippen molar-refractivity contribution >= 4 is 5.97 Å². The second kappa shape index (κ2) is 4.65. The summed E-state index contributed by atoms with van der Waals surface area (Å²) < 4.78 is 0. The number of fused-ring (bicyclic) bond motifs is 1. The molecule has 98 valence electrons. The molecule has 0 saturated heterocycles. The third kappa shape index (κ3) is 2.85. The van der Waals surface area contributed by atoms with E-state index in [1.807, 2.05) is 11.1 Å². The Bertz CT molecular complexity index is 466. The zero-order valence-electron chi connectivity index (χ0n) is 11.1. The zero-order valence-corrected chi connectivity index (χ0v) is 11.1. The van der Waals surface area contributed by atoms with Gasteiger partial charge in [-0.1, -0.05) is 20.8 Å². The van der Waals surface area contributed by atoms with Crippen molar-refractivity contribution in [3.05, 3.63) is 23.3 Å². The maximum Gasteiger partial charge on any atom is 0.317 e. The van der Waals surface area contributed by atoms with Crippen LogP contribution < -0.4 is 0 Å². The molecule has 5 heteroatoms. The SMILES string of the molecule is CC(C)(C)c1ncc2c(n1)CCN(CC(=O)O)C2. The summed E-state index contributed by atoms with van der Waals surface area (Å²) in [5.41, 5.74) is 2.07. The molecule has 1 aromatic heterocycles. The van der Waals surface area contributed by atoms with Gasteiger partial charge >= 0.3 is 5.97 Å². The van der Waals surface area contributed by atoms with Gasteiger partial charge in [0.25, 0.3) is 0 Å². The van der Waals surface area contributed by atoms with Gasteiger partial charge in [-0.05, 0) is 0 Å². The van der Waals surface area contributed by atoms with Crippen LogP contribution in [0.1, 0.15) is 37.9 Å². The molecule has 0 unspecified atom stereocenters. The van der Waals surface area contributed by atoms with Gasteiger partial charge in [-0.15, -0.1) is 0 Å². The Morgan fingerprint density at radius 2 is 2.22 bits per heavy atom. The lowest BCUT2D eigenvalue weighted by atomic mass is 9.95. The average molecular weight is 249 g/mol. The lowest BCUT2D eigenvalue weighted by molar-refractivity contribution is -0.138. The number of rotatable bonds is 2. The highest BCUT2D eigenvalue weighted by Gasteiger charge is 2.23. The van der Waals surface area contributed by atoms with Crippen molar-refractivity contribution in [2.75, 3.05) is 13.1 Å². The molecule has 0 aromatic carbocycles. The van der Waals surface area contributed by atoms with Crippen LogP contribution in [0.15, 0.2) is 6.20 Å². The van der Waals surface area contributed by atoms with Gasteiger partial charge in [0.05, 0.1) is 6.54 Å². The van der Waals surface area contributed by atoms with E-state index in [0.717, 1.165) is 30.0 Å². The number of carboxylic acids is 1. The number of carbonyl (C=O) groups is 1. The van der Waals surface area contributed by atoms with Crippen molar-refractivity contribution in [3.8, 4) is 0 Å². The molecule has 1 N–H and O–H groups in total. The Morgan fingerprint density at radius 1 is 1.50 bits per heavy atom. The molecule has 18 heavy (non-hydrogen) atoms. The highest BCUT2D eigenvalue weighted by Crippen LogP contribution is 2.22. The summed E-state index contributed by atoms with van der Waals surface area (Å²) in [6.07, 6.45) is 2.64. The molecule has 1 aliphatic heterocycles. The number of carboxylic acid groups (broad SMARTS) is 1. The normalized spacial score (nSPS) is 16.4. The maximum atomic E-state index is 10.7. The number of hydrogen-bond acceptors (Lipinski definition) is 4. The van der Waals surface area contributed by atoms with E-state index >= 15 is 0 Å². The standard InChI is InChI=1S/C13H19N3O2/c1-13(2,3)12-14-6-9-7-16(8-11(17)18)5-4-10(9)15-12/h6H,4-5,7-8H2,1-3H3,(H,17,18). The third-order valence-electron chi connectivity index (χ3n) is 3.04.